The van der Waals surface area contributed by atoms with Crippen molar-refractivity contribution in [3.05, 3.63) is 199 Å². The maximum Gasteiger partial charge on any atom is 0.238 e. The average molecular weight is 777 g/mol. The molecule has 11 aromatic rings. The average Bonchev–Trinajstić information content (AvgIpc) is 1.25. The van der Waals surface area contributed by atoms with Crippen molar-refractivity contribution < 1.29 is 45.2 Å². The van der Waals surface area contributed by atoms with E-state index in [1.165, 1.54) is 0 Å². The van der Waals surface area contributed by atoms with Crippen molar-refractivity contribution in [1.82, 2.24) is 24.1 Å². The summed E-state index contributed by atoms with van der Waals surface area (Å²) in [6.07, 6.45) is 0. The zero-order valence-electron chi connectivity index (χ0n) is 61.2. The highest BCUT2D eigenvalue weighted by atomic mass is 28.3. The Morgan fingerprint density at radius 2 is 0.860 bits per heavy atom. The van der Waals surface area contributed by atoms with Gasteiger partial charge in [0, 0.05) is 32.7 Å². The fourth-order valence-corrected chi connectivity index (χ4v) is 11.6. The number of nitrogens with zero attached hydrogens (tertiary/aromatic N) is 5. The van der Waals surface area contributed by atoms with E-state index in [0.717, 1.165) is 4.57 Å². The predicted octanol–water partition coefficient (Wildman–Crippen LogP) is 9.09. The lowest BCUT2D eigenvalue weighted by Crippen LogP contribution is -2.76. The van der Waals surface area contributed by atoms with Crippen LogP contribution >= 0.6 is 0 Å². The highest BCUT2D eigenvalue weighted by Gasteiger charge is 2.48. The van der Waals surface area contributed by atoms with Gasteiger partial charge in [-0.1, -0.05) is 175 Å². The van der Waals surface area contributed by atoms with Gasteiger partial charge in [-0.2, -0.15) is 9.97 Å². The molecule has 4 heterocycles. The first-order valence-electron chi connectivity index (χ1n) is 33.2. The largest absolute Gasteiger partial charge is 0.309 e. The number of rotatable bonds is 5. The van der Waals surface area contributed by atoms with E-state index >= 15 is 0 Å². The Morgan fingerprint density at radius 1 is 0.386 bits per heavy atom. The second-order valence-corrected chi connectivity index (χ2v) is 15.8. The number of aromatic nitrogens is 5. The lowest BCUT2D eigenvalue weighted by molar-refractivity contribution is 0.952. The Bertz CT molecular complexity index is 5080. The Kier molecular flexibility index (Phi) is 2.88. The van der Waals surface area contributed by atoms with Gasteiger partial charge in [-0.3, -0.25) is 4.57 Å². The molecule has 0 radical (unpaired) electrons. The molecule has 0 unspecified atom stereocenters. The van der Waals surface area contributed by atoms with Gasteiger partial charge in [0.2, 0.25) is 5.95 Å². The Balaban J connectivity index is 1.48. The summed E-state index contributed by atoms with van der Waals surface area (Å²) in [5, 5.41) is -6.45. The smallest absolute Gasteiger partial charge is 0.238 e. The molecule has 0 aliphatic carbocycles. The first kappa shape index (κ1) is 13.4. The van der Waals surface area contributed by atoms with Crippen LogP contribution in [0.3, 0.4) is 0 Å². The molecule has 0 N–H and O–H groups in total. The summed E-state index contributed by atoms with van der Waals surface area (Å²) in [6, 6.07) is -35.4. The van der Waals surface area contributed by atoms with Crippen LogP contribution in [0.15, 0.2) is 199 Å². The zero-order chi connectivity index (χ0) is 66.2. The lowest BCUT2D eigenvalue weighted by Gasteiger charge is -2.40. The molecule has 266 valence electrons. The van der Waals surface area contributed by atoms with Crippen molar-refractivity contribution in [2.75, 3.05) is 0 Å². The quantitative estimate of drug-likeness (QED) is 0.164. The number of hydrogen-bond acceptors (Lipinski definition) is 3. The fourth-order valence-electron chi connectivity index (χ4n) is 7.42. The van der Waals surface area contributed by atoms with Crippen molar-refractivity contribution in [3.8, 4) is 34.4 Å². The Labute approximate surface area is 376 Å². The standard InChI is InChI=1S/C51H33N5Si/c1-4-18-34(19-5-1)49-52-50(54-51(53-49)55-42-29-13-10-24-37(42)38-25-11-14-30-43(38)55)41-28-17-33-46-48(41)56-44-31-15-12-26-39(44)40-27-16-32-45(47(40)56)57(46,35-20-6-2-7-21-35)36-22-8-3-9-23-36/h1-33H/i1D,2D,3D,4D,5D,6D,7D,8D,9D,10D,11D,12D,13D,14D,15D,16D,17D,18D,19D,20D,21D,22D,23D,24D,25D,26D,27D,28D,29D,30D,31D,32D,33D. The lowest BCUT2D eigenvalue weighted by atomic mass is 10.1. The van der Waals surface area contributed by atoms with Crippen LogP contribution in [0.5, 0.6) is 0 Å². The normalized spacial score (nSPS) is 21.2. The third kappa shape index (κ3) is 4.47. The van der Waals surface area contributed by atoms with Crippen molar-refractivity contribution in [2.45, 2.75) is 0 Å². The number of para-hydroxylation sites is 5. The Hall–Kier alpha value is -7.41. The van der Waals surface area contributed by atoms with Crippen LogP contribution in [0.2, 0.25) is 0 Å². The summed E-state index contributed by atoms with van der Waals surface area (Å²) in [5.41, 5.74) is -5.77. The number of hydrogen-bond donors (Lipinski definition) is 0. The molecule has 57 heavy (non-hydrogen) atoms. The van der Waals surface area contributed by atoms with Crippen LogP contribution in [0.1, 0.15) is 45.2 Å². The van der Waals surface area contributed by atoms with Crippen LogP contribution in [0.4, 0.5) is 0 Å². The Morgan fingerprint density at radius 3 is 1.49 bits per heavy atom. The topological polar surface area (TPSA) is 48.5 Å². The van der Waals surface area contributed by atoms with Crippen molar-refractivity contribution in [3.63, 3.8) is 0 Å². The molecule has 0 amide bonds. The molecule has 1 aliphatic rings. The highest BCUT2D eigenvalue weighted by molar-refractivity contribution is 7.21. The van der Waals surface area contributed by atoms with E-state index in [1.807, 2.05) is 0 Å². The third-order valence-corrected chi connectivity index (χ3v) is 13.8. The first-order valence-corrected chi connectivity index (χ1v) is 18.7. The van der Waals surface area contributed by atoms with E-state index < -0.39 is 306 Å². The minimum absolute atomic E-state index is 0.578. The molecule has 3 aromatic heterocycles. The molecule has 0 atom stereocenters. The fraction of sp³-hybridized carbons (Fsp3) is 0. The first-order chi connectivity index (χ1) is 42.0. The van der Waals surface area contributed by atoms with Gasteiger partial charge in [-0.15, -0.1) is 0 Å². The van der Waals surface area contributed by atoms with Crippen molar-refractivity contribution in [2.24, 2.45) is 0 Å². The van der Waals surface area contributed by atoms with E-state index in [1.54, 1.807) is 0 Å². The predicted molar refractivity (Wildman–Crippen MR) is 237 cm³/mol. The molecular weight excluding hydrogens is 711 g/mol. The van der Waals surface area contributed by atoms with Gasteiger partial charge in [0.05, 0.1) is 73.0 Å². The maximum atomic E-state index is 10.2. The van der Waals surface area contributed by atoms with E-state index in [9.17, 15) is 21.9 Å². The molecule has 12 rings (SSSR count). The summed E-state index contributed by atoms with van der Waals surface area (Å²) in [6.45, 7) is 0. The van der Waals surface area contributed by atoms with Crippen LogP contribution < -0.4 is 20.7 Å². The SMILES string of the molecule is [2H]c1c([2H])c([2H])c(-c2nc(-c3c([2H])c([2H])c([2H])c4c3-n3c5c([2H])c([2H])c([2H])c([2H])c5c5c([2H])c([2H])c([2H])c(c53)[Si]4(c3c([2H])c([2H])c([2H])c([2H])c3[2H])c3c([2H])c([2H])c([2H])c([2H])c3[2H])nc(-n3c4c([2H])c([2H])c([2H])c([2H])c4c4c([2H])c([2H])c([2H])c([2H])c43)n2)c([2H])c1[2H]. The molecule has 0 saturated carbocycles. The van der Waals surface area contributed by atoms with Gasteiger partial charge >= 0.3 is 0 Å². The molecule has 8 aromatic carbocycles. The summed E-state index contributed by atoms with van der Waals surface area (Å²) < 4.78 is 307. The minimum atomic E-state index is -6.34. The van der Waals surface area contributed by atoms with Crippen LogP contribution in [-0.2, 0) is 0 Å². The van der Waals surface area contributed by atoms with E-state index in [4.69, 9.17) is 23.3 Å². The van der Waals surface area contributed by atoms with Crippen molar-refractivity contribution in [1.29, 1.82) is 0 Å². The second kappa shape index (κ2) is 12.3. The van der Waals surface area contributed by atoms with Crippen molar-refractivity contribution >= 4 is 72.4 Å². The summed E-state index contributed by atoms with van der Waals surface area (Å²) in [4.78, 5) is 13.7. The van der Waals surface area contributed by atoms with E-state index in [2.05, 4.69) is 15.0 Å². The maximum absolute atomic E-state index is 10.2. The highest BCUT2D eigenvalue weighted by Crippen LogP contribution is 2.39. The third-order valence-electron chi connectivity index (χ3n) is 9.59. The second-order valence-electron chi connectivity index (χ2n) is 12.3. The molecule has 0 bridgehead atoms. The van der Waals surface area contributed by atoms with Gasteiger partial charge in [0.25, 0.3) is 0 Å². The number of fused-ring (bicyclic) bond motifs is 8. The van der Waals surface area contributed by atoms with Crippen LogP contribution in [0.25, 0.3) is 78.0 Å². The van der Waals surface area contributed by atoms with Gasteiger partial charge in [0.1, 0.15) is 0 Å². The van der Waals surface area contributed by atoms with E-state index in [-0.39, 0.29) is 0 Å². The molecule has 6 heteroatoms. The van der Waals surface area contributed by atoms with Gasteiger partial charge in [0.15, 0.2) is 19.7 Å². The molecule has 0 fully saturated rings. The monoisotopic (exact) mass is 776 g/mol. The molecule has 0 spiro atoms. The zero-order valence-corrected chi connectivity index (χ0v) is 29.2. The summed E-state index contributed by atoms with van der Waals surface area (Å²) in [7, 11) is -6.34. The number of benzene rings is 8. The van der Waals surface area contributed by atoms with Crippen LogP contribution in [0, 0.1) is 0 Å². The molecule has 1 aliphatic heterocycles. The minimum Gasteiger partial charge on any atom is -0.309 e. The summed E-state index contributed by atoms with van der Waals surface area (Å²) >= 11 is 0. The molecule has 0 saturated heterocycles. The van der Waals surface area contributed by atoms with E-state index in [0.29, 0.717) is 4.57 Å². The van der Waals surface area contributed by atoms with Gasteiger partial charge < -0.3 is 4.57 Å². The van der Waals surface area contributed by atoms with Gasteiger partial charge in [-0.05, 0) is 44.9 Å². The molecular formula is C51H33N5Si. The van der Waals surface area contributed by atoms with Gasteiger partial charge in [-0.25, -0.2) is 4.98 Å². The summed E-state index contributed by atoms with van der Waals surface area (Å²) in [5.74, 6) is -3.18. The molecule has 5 nitrogen and oxygen atoms in total. The van der Waals surface area contributed by atoms with Crippen LogP contribution in [-0.4, -0.2) is 32.2 Å².